The summed E-state index contributed by atoms with van der Waals surface area (Å²) in [4.78, 5) is 34.0. The zero-order chi connectivity index (χ0) is 24.2. The van der Waals surface area contributed by atoms with E-state index in [1.54, 1.807) is 0 Å². The molecular weight excluding hydrogens is 441 g/mol. The Morgan fingerprint density at radius 3 is 2.53 bits per heavy atom. The fourth-order valence-electron chi connectivity index (χ4n) is 4.66. The molecule has 1 heterocycles. The molecule has 1 aromatic carbocycles. The summed E-state index contributed by atoms with van der Waals surface area (Å²) in [6.45, 7) is 0. The van der Waals surface area contributed by atoms with Gasteiger partial charge in [-0.2, -0.15) is 9.37 Å². The molecule has 0 spiro atoms. The second-order valence-electron chi connectivity index (χ2n) is 9.11. The second-order valence-corrected chi connectivity index (χ2v) is 9.11. The molecule has 2 aliphatic rings. The first-order chi connectivity index (χ1) is 16.3. The van der Waals surface area contributed by atoms with E-state index in [0.29, 0.717) is 5.95 Å². The van der Waals surface area contributed by atoms with E-state index in [1.807, 2.05) is 19.0 Å². The number of nitro groups is 1. The lowest BCUT2D eigenvalue weighted by Crippen LogP contribution is -2.42. The Bertz CT molecular complexity index is 1070. The van der Waals surface area contributed by atoms with E-state index >= 15 is 0 Å². The van der Waals surface area contributed by atoms with Crippen LogP contribution in [0.1, 0.15) is 49.8 Å². The molecule has 34 heavy (non-hydrogen) atoms. The van der Waals surface area contributed by atoms with Crippen molar-refractivity contribution in [2.75, 3.05) is 29.6 Å². The van der Waals surface area contributed by atoms with Crippen molar-refractivity contribution in [3.63, 3.8) is 0 Å². The number of hydrogen-bond acceptors (Lipinski definition) is 7. The van der Waals surface area contributed by atoms with Crippen molar-refractivity contribution >= 4 is 29.2 Å². The summed E-state index contributed by atoms with van der Waals surface area (Å²) in [6.07, 6.45) is 7.59. The van der Waals surface area contributed by atoms with E-state index in [1.165, 1.54) is 18.1 Å². The van der Waals surface area contributed by atoms with E-state index < -0.39 is 22.5 Å². The van der Waals surface area contributed by atoms with Crippen LogP contribution in [0, 0.1) is 15.9 Å². The van der Waals surface area contributed by atoms with Gasteiger partial charge in [0.05, 0.1) is 10.6 Å². The number of carbonyl (C=O) groups is 1. The first kappa shape index (κ1) is 23.7. The summed E-state index contributed by atoms with van der Waals surface area (Å²) in [5, 5.41) is 19.8. The van der Waals surface area contributed by atoms with Crippen LogP contribution in [0.25, 0.3) is 0 Å². The molecule has 0 atom stereocenters. The van der Waals surface area contributed by atoms with E-state index in [2.05, 4.69) is 16.0 Å². The Labute approximate surface area is 197 Å². The average molecular weight is 472 g/mol. The van der Waals surface area contributed by atoms with E-state index in [9.17, 15) is 19.3 Å². The molecule has 1 fully saturated rings. The lowest BCUT2D eigenvalue weighted by Gasteiger charge is -2.30. The summed E-state index contributed by atoms with van der Waals surface area (Å²) in [7, 11) is 4.01. The van der Waals surface area contributed by atoms with Crippen molar-refractivity contribution in [2.45, 2.75) is 63.5 Å². The van der Waals surface area contributed by atoms with Gasteiger partial charge in [-0.05, 0) is 63.5 Å². The number of aryl methyl sites for hydroxylation is 1. The molecule has 11 heteroatoms. The summed E-state index contributed by atoms with van der Waals surface area (Å²) >= 11 is 0. The minimum Gasteiger partial charge on any atom is -0.362 e. The van der Waals surface area contributed by atoms with Gasteiger partial charge in [0.1, 0.15) is 5.82 Å². The number of nitrogens with one attached hydrogen (secondary N) is 3. The van der Waals surface area contributed by atoms with E-state index in [-0.39, 0.29) is 17.8 Å². The van der Waals surface area contributed by atoms with Gasteiger partial charge in [0.15, 0.2) is 0 Å². The minimum absolute atomic E-state index is 0.0183. The Kier molecular flexibility index (Phi) is 7.09. The third-order valence-corrected chi connectivity index (χ3v) is 6.38. The molecule has 2 amide bonds. The topological polar surface area (TPSA) is 125 Å². The molecule has 4 rings (SSSR count). The van der Waals surface area contributed by atoms with Gasteiger partial charge >= 0.3 is 11.7 Å². The molecule has 0 unspecified atom stereocenters. The number of hydrogen-bond donors (Lipinski definition) is 3. The summed E-state index contributed by atoms with van der Waals surface area (Å²) in [6, 6.07) is 3.01. The number of carbonyl (C=O) groups excluding carboxylic acids is 1. The van der Waals surface area contributed by atoms with Gasteiger partial charge in [0.2, 0.25) is 11.8 Å². The van der Waals surface area contributed by atoms with Crippen LogP contribution in [0.3, 0.4) is 0 Å². The van der Waals surface area contributed by atoms with Crippen LogP contribution in [0.2, 0.25) is 0 Å². The van der Waals surface area contributed by atoms with Crippen molar-refractivity contribution in [1.29, 1.82) is 0 Å². The predicted octanol–water partition coefficient (Wildman–Crippen LogP) is 4.01. The molecule has 0 aliphatic heterocycles. The highest BCUT2D eigenvalue weighted by atomic mass is 19.1. The maximum absolute atomic E-state index is 13.5. The third-order valence-electron chi connectivity index (χ3n) is 6.38. The van der Waals surface area contributed by atoms with Gasteiger partial charge in [-0.3, -0.25) is 10.1 Å². The van der Waals surface area contributed by atoms with Gasteiger partial charge in [0.25, 0.3) is 0 Å². The zero-order valence-corrected chi connectivity index (χ0v) is 19.4. The number of nitro benzene ring substituents is 1. The lowest BCUT2D eigenvalue weighted by molar-refractivity contribution is -0.387. The highest BCUT2D eigenvalue weighted by Gasteiger charge is 2.25. The monoisotopic (exact) mass is 471 g/mol. The van der Waals surface area contributed by atoms with E-state index in [0.717, 1.165) is 68.6 Å². The van der Waals surface area contributed by atoms with Crippen LogP contribution >= 0.6 is 0 Å². The van der Waals surface area contributed by atoms with Crippen molar-refractivity contribution in [3.8, 4) is 0 Å². The predicted molar refractivity (Wildman–Crippen MR) is 128 cm³/mol. The molecule has 182 valence electrons. The number of rotatable bonds is 6. The first-order valence-electron chi connectivity index (χ1n) is 11.6. The number of urea groups is 1. The molecular formula is C23H30FN7O3. The van der Waals surface area contributed by atoms with Crippen molar-refractivity contribution in [2.24, 2.45) is 0 Å². The van der Waals surface area contributed by atoms with Crippen molar-refractivity contribution in [3.05, 3.63) is 45.4 Å². The summed E-state index contributed by atoms with van der Waals surface area (Å²) in [5.74, 6) is 0.707. The SMILES string of the molecule is CN(C)c1nc(N[C@H]2CC[C@@H](NC(=O)Nc3ccc(F)c([N+](=O)[O-])c3)CC2)nc2c1CCCC2. The lowest BCUT2D eigenvalue weighted by atomic mass is 9.91. The molecule has 2 aromatic rings. The molecule has 0 radical (unpaired) electrons. The number of benzene rings is 1. The van der Waals surface area contributed by atoms with Gasteiger partial charge in [-0.1, -0.05) is 0 Å². The molecule has 3 N–H and O–H groups in total. The number of halogens is 1. The van der Waals surface area contributed by atoms with Crippen LogP contribution in [-0.2, 0) is 12.8 Å². The Balaban J connectivity index is 1.30. The van der Waals surface area contributed by atoms with Gasteiger partial charge in [-0.25, -0.2) is 9.78 Å². The van der Waals surface area contributed by atoms with Crippen LogP contribution in [0.5, 0.6) is 0 Å². The quantitative estimate of drug-likeness (QED) is 0.429. The number of fused-ring (bicyclic) bond motifs is 1. The molecule has 1 saturated carbocycles. The summed E-state index contributed by atoms with van der Waals surface area (Å²) < 4.78 is 13.5. The van der Waals surface area contributed by atoms with Gasteiger partial charge in [0, 0.05) is 43.5 Å². The standard InChI is InChI=1S/C23H30FN7O3/c1-30(2)21-17-5-3-4-6-19(17)28-22(29-21)25-14-7-9-15(10-8-14)26-23(32)27-16-11-12-18(24)20(13-16)31(33)34/h11-15H,3-10H2,1-2H3,(H,25,28,29)(H2,26,27,32)/t14-,15+. The van der Waals surface area contributed by atoms with E-state index in [4.69, 9.17) is 9.97 Å². The fourth-order valence-corrected chi connectivity index (χ4v) is 4.66. The van der Waals surface area contributed by atoms with Gasteiger partial charge in [-0.15, -0.1) is 0 Å². The number of nitrogens with zero attached hydrogens (tertiary/aromatic N) is 4. The fraction of sp³-hybridized carbons (Fsp3) is 0.522. The number of amides is 2. The molecule has 1 aromatic heterocycles. The normalized spacial score (nSPS) is 19.6. The Morgan fingerprint density at radius 1 is 1.12 bits per heavy atom. The number of anilines is 3. The Hall–Kier alpha value is -3.50. The van der Waals surface area contributed by atoms with Crippen LogP contribution < -0.4 is 20.9 Å². The minimum atomic E-state index is -0.942. The zero-order valence-electron chi connectivity index (χ0n) is 19.4. The van der Waals surface area contributed by atoms with Crippen molar-refractivity contribution in [1.82, 2.24) is 15.3 Å². The van der Waals surface area contributed by atoms with Crippen LogP contribution in [0.15, 0.2) is 18.2 Å². The molecule has 0 saturated heterocycles. The van der Waals surface area contributed by atoms with Crippen molar-refractivity contribution < 1.29 is 14.1 Å². The maximum Gasteiger partial charge on any atom is 0.319 e. The molecule has 10 nitrogen and oxygen atoms in total. The molecule has 2 aliphatic carbocycles. The van der Waals surface area contributed by atoms with Crippen LogP contribution in [-0.4, -0.2) is 47.1 Å². The Morgan fingerprint density at radius 2 is 1.82 bits per heavy atom. The van der Waals surface area contributed by atoms with Crippen LogP contribution in [0.4, 0.5) is 32.3 Å². The smallest absolute Gasteiger partial charge is 0.319 e. The average Bonchev–Trinajstić information content (AvgIpc) is 2.80. The highest BCUT2D eigenvalue weighted by Crippen LogP contribution is 2.29. The largest absolute Gasteiger partial charge is 0.362 e. The maximum atomic E-state index is 13.5. The first-order valence-corrected chi connectivity index (χ1v) is 11.6. The number of aromatic nitrogens is 2. The van der Waals surface area contributed by atoms with Gasteiger partial charge < -0.3 is 20.9 Å². The molecule has 0 bridgehead atoms. The summed E-state index contributed by atoms with van der Waals surface area (Å²) in [5.41, 5.74) is 1.89. The highest BCUT2D eigenvalue weighted by molar-refractivity contribution is 5.89. The second kappa shape index (κ2) is 10.2. The third kappa shape index (κ3) is 5.52.